The van der Waals surface area contributed by atoms with E-state index in [4.69, 9.17) is 0 Å². The summed E-state index contributed by atoms with van der Waals surface area (Å²) in [5.74, 6) is 0. The van der Waals surface area contributed by atoms with Gasteiger partial charge >= 0.3 is 0 Å². The molecule has 82 valence electrons. The van der Waals surface area contributed by atoms with E-state index in [0.717, 1.165) is 32.2 Å². The van der Waals surface area contributed by atoms with Gasteiger partial charge < -0.3 is 5.32 Å². The van der Waals surface area contributed by atoms with Gasteiger partial charge in [-0.3, -0.25) is 0 Å². The third-order valence-corrected chi connectivity index (χ3v) is 3.09. The maximum atomic E-state index is 13.5. The average molecular weight is 207 g/mol. The fourth-order valence-electron chi connectivity index (χ4n) is 2.16. The Kier molecular flexibility index (Phi) is 3.73. The van der Waals surface area contributed by atoms with Crippen LogP contribution in [-0.4, -0.2) is 12.2 Å². The Morgan fingerprint density at radius 1 is 1.13 bits per heavy atom. The van der Waals surface area contributed by atoms with Gasteiger partial charge in [-0.05, 0) is 18.4 Å². The van der Waals surface area contributed by atoms with Crippen LogP contribution in [0.4, 0.5) is 4.39 Å². The first-order valence-corrected chi connectivity index (χ1v) is 5.77. The van der Waals surface area contributed by atoms with Crippen molar-refractivity contribution in [2.75, 3.05) is 0 Å². The molecule has 1 nitrogen and oxygen atoms in total. The highest BCUT2D eigenvalue weighted by Crippen LogP contribution is 2.21. The van der Waals surface area contributed by atoms with E-state index >= 15 is 0 Å². The van der Waals surface area contributed by atoms with Gasteiger partial charge in [0, 0.05) is 12.6 Å². The minimum Gasteiger partial charge on any atom is -0.307 e. The summed E-state index contributed by atoms with van der Waals surface area (Å²) in [5.41, 5.74) is 1.23. The van der Waals surface area contributed by atoms with Gasteiger partial charge in [0.15, 0.2) is 0 Å². The van der Waals surface area contributed by atoms with Gasteiger partial charge in [-0.2, -0.15) is 0 Å². The lowest BCUT2D eigenvalue weighted by Crippen LogP contribution is -2.39. The molecule has 0 heterocycles. The average Bonchev–Trinajstić information content (AvgIpc) is 2.29. The monoisotopic (exact) mass is 207 g/mol. The van der Waals surface area contributed by atoms with Crippen LogP contribution in [-0.2, 0) is 6.54 Å². The molecule has 2 heteroatoms. The molecule has 0 radical (unpaired) electrons. The van der Waals surface area contributed by atoms with E-state index in [-0.39, 0.29) is 6.04 Å². The Morgan fingerprint density at radius 2 is 1.87 bits per heavy atom. The maximum absolute atomic E-state index is 13.5. The minimum absolute atomic E-state index is 0.0685. The quantitative estimate of drug-likeness (QED) is 0.803. The molecule has 1 saturated carbocycles. The maximum Gasteiger partial charge on any atom is 0.115 e. The molecule has 0 amide bonds. The number of nitrogens with one attached hydrogen (secondary N) is 1. The summed E-state index contributed by atoms with van der Waals surface area (Å²) in [6.07, 6.45) is 3.26. The molecule has 1 aliphatic carbocycles. The van der Waals surface area contributed by atoms with Gasteiger partial charge in [-0.1, -0.05) is 43.2 Å². The van der Waals surface area contributed by atoms with Gasteiger partial charge in [0.05, 0.1) is 0 Å². The SMILES string of the molecule is FC1CCCCC1NCc1ccccc1. The molecule has 2 unspecified atom stereocenters. The minimum atomic E-state index is -0.650. The second kappa shape index (κ2) is 5.26. The van der Waals surface area contributed by atoms with Crippen LogP contribution < -0.4 is 5.32 Å². The van der Waals surface area contributed by atoms with Gasteiger partial charge in [-0.15, -0.1) is 0 Å². The molecule has 2 atom stereocenters. The Morgan fingerprint density at radius 3 is 2.60 bits per heavy atom. The van der Waals surface area contributed by atoms with E-state index in [0.29, 0.717) is 0 Å². The molecule has 0 spiro atoms. The van der Waals surface area contributed by atoms with Crippen LogP contribution in [0.15, 0.2) is 30.3 Å². The zero-order valence-corrected chi connectivity index (χ0v) is 8.95. The molecule has 2 rings (SSSR count). The normalized spacial score (nSPS) is 26.5. The van der Waals surface area contributed by atoms with Crippen molar-refractivity contribution in [3.63, 3.8) is 0 Å². The Bertz CT molecular complexity index is 286. The smallest absolute Gasteiger partial charge is 0.115 e. The Labute approximate surface area is 90.7 Å². The van der Waals surface area contributed by atoms with Gasteiger partial charge in [0.1, 0.15) is 6.17 Å². The molecule has 1 N–H and O–H groups in total. The zero-order valence-electron chi connectivity index (χ0n) is 8.95. The number of halogens is 1. The molecule has 0 aliphatic heterocycles. The first kappa shape index (κ1) is 10.6. The fourth-order valence-corrected chi connectivity index (χ4v) is 2.16. The largest absolute Gasteiger partial charge is 0.307 e. The second-order valence-corrected chi connectivity index (χ2v) is 4.27. The van der Waals surface area contributed by atoms with Gasteiger partial charge in [-0.25, -0.2) is 4.39 Å². The molecule has 0 bridgehead atoms. The number of hydrogen-bond donors (Lipinski definition) is 1. The van der Waals surface area contributed by atoms with Crippen LogP contribution in [0.25, 0.3) is 0 Å². The molecule has 15 heavy (non-hydrogen) atoms. The van der Waals surface area contributed by atoms with E-state index in [1.807, 2.05) is 18.2 Å². The highest BCUT2D eigenvalue weighted by molar-refractivity contribution is 5.14. The predicted octanol–water partition coefficient (Wildman–Crippen LogP) is 3.06. The predicted molar refractivity (Wildman–Crippen MR) is 60.4 cm³/mol. The lowest BCUT2D eigenvalue weighted by molar-refractivity contribution is 0.188. The van der Waals surface area contributed by atoms with Crippen LogP contribution in [0.3, 0.4) is 0 Å². The van der Waals surface area contributed by atoms with Crippen molar-refractivity contribution in [2.24, 2.45) is 0 Å². The summed E-state index contributed by atoms with van der Waals surface area (Å²) in [5, 5.41) is 3.31. The van der Waals surface area contributed by atoms with Crippen LogP contribution in [0.2, 0.25) is 0 Å². The molecule has 1 aromatic rings. The van der Waals surface area contributed by atoms with Crippen molar-refractivity contribution >= 4 is 0 Å². The number of alkyl halides is 1. The van der Waals surface area contributed by atoms with E-state index in [9.17, 15) is 4.39 Å². The lowest BCUT2D eigenvalue weighted by atomic mass is 9.93. The summed E-state index contributed by atoms with van der Waals surface area (Å²) < 4.78 is 13.5. The van der Waals surface area contributed by atoms with E-state index in [2.05, 4.69) is 17.4 Å². The zero-order chi connectivity index (χ0) is 10.5. The summed E-state index contributed by atoms with van der Waals surface area (Å²) in [4.78, 5) is 0. The van der Waals surface area contributed by atoms with Gasteiger partial charge in [0.2, 0.25) is 0 Å². The molecule has 1 fully saturated rings. The second-order valence-electron chi connectivity index (χ2n) is 4.27. The topological polar surface area (TPSA) is 12.0 Å². The van der Waals surface area contributed by atoms with E-state index < -0.39 is 6.17 Å². The summed E-state index contributed by atoms with van der Waals surface area (Å²) in [6.45, 7) is 0.784. The Hall–Kier alpha value is -0.890. The molecule has 1 aliphatic rings. The highest BCUT2D eigenvalue weighted by Gasteiger charge is 2.23. The number of benzene rings is 1. The molecule has 0 saturated heterocycles. The first-order chi connectivity index (χ1) is 7.36. The first-order valence-electron chi connectivity index (χ1n) is 5.77. The van der Waals surface area contributed by atoms with E-state index in [1.54, 1.807) is 0 Å². The Balaban J connectivity index is 1.82. The number of hydrogen-bond acceptors (Lipinski definition) is 1. The van der Waals surface area contributed by atoms with Crippen LogP contribution in [0.1, 0.15) is 31.2 Å². The standard InChI is InChI=1S/C13H18FN/c14-12-8-4-5-9-13(12)15-10-11-6-2-1-3-7-11/h1-3,6-7,12-13,15H,4-5,8-10H2. The van der Waals surface area contributed by atoms with Crippen molar-refractivity contribution < 1.29 is 4.39 Å². The molecule has 1 aromatic carbocycles. The summed E-state index contributed by atoms with van der Waals surface area (Å²) in [6, 6.07) is 10.3. The van der Waals surface area contributed by atoms with Crippen molar-refractivity contribution in [3.8, 4) is 0 Å². The molecule has 0 aromatic heterocycles. The third-order valence-electron chi connectivity index (χ3n) is 3.09. The van der Waals surface area contributed by atoms with Crippen molar-refractivity contribution in [3.05, 3.63) is 35.9 Å². The summed E-state index contributed by atoms with van der Waals surface area (Å²) >= 11 is 0. The van der Waals surface area contributed by atoms with Crippen LogP contribution >= 0.6 is 0 Å². The number of rotatable bonds is 3. The molecular formula is C13H18FN. The summed E-state index contributed by atoms with van der Waals surface area (Å²) in [7, 11) is 0. The van der Waals surface area contributed by atoms with Crippen LogP contribution in [0, 0.1) is 0 Å². The van der Waals surface area contributed by atoms with Crippen molar-refractivity contribution in [2.45, 2.75) is 44.4 Å². The van der Waals surface area contributed by atoms with E-state index in [1.165, 1.54) is 5.56 Å². The third kappa shape index (κ3) is 3.03. The van der Waals surface area contributed by atoms with Crippen LogP contribution in [0.5, 0.6) is 0 Å². The fraction of sp³-hybridized carbons (Fsp3) is 0.538. The molecular weight excluding hydrogens is 189 g/mol. The van der Waals surface area contributed by atoms with Crippen molar-refractivity contribution in [1.82, 2.24) is 5.32 Å². The van der Waals surface area contributed by atoms with Gasteiger partial charge in [0.25, 0.3) is 0 Å². The van der Waals surface area contributed by atoms with Crippen molar-refractivity contribution in [1.29, 1.82) is 0 Å². The lowest BCUT2D eigenvalue weighted by Gasteiger charge is -2.26. The highest BCUT2D eigenvalue weighted by atomic mass is 19.1.